The number of rotatable bonds is 6. The molecule has 1 rings (SSSR count). The lowest BCUT2D eigenvalue weighted by Crippen LogP contribution is -2.30. The molecular formula is C10H15ClN2O3. The highest BCUT2D eigenvalue weighted by molar-refractivity contribution is 6.30. The Balaban J connectivity index is 2.51. The molecule has 1 heterocycles. The second-order valence-corrected chi connectivity index (χ2v) is 3.80. The van der Waals surface area contributed by atoms with Crippen LogP contribution in [0.4, 0.5) is 0 Å². The third kappa shape index (κ3) is 3.83. The van der Waals surface area contributed by atoms with Crippen LogP contribution in [-0.2, 0) is 11.3 Å². The van der Waals surface area contributed by atoms with Crippen LogP contribution in [-0.4, -0.2) is 22.8 Å². The first-order valence-electron chi connectivity index (χ1n) is 5.22. The summed E-state index contributed by atoms with van der Waals surface area (Å²) in [5.41, 5.74) is -1.02. The minimum absolute atomic E-state index is 0.00755. The molecule has 16 heavy (non-hydrogen) atoms. The number of aromatic nitrogens is 2. The molecule has 0 saturated carbocycles. The van der Waals surface area contributed by atoms with Crippen molar-refractivity contribution in [1.82, 2.24) is 9.55 Å². The summed E-state index contributed by atoms with van der Waals surface area (Å²) < 4.78 is 6.64. The molecule has 0 radical (unpaired) electrons. The van der Waals surface area contributed by atoms with Crippen molar-refractivity contribution in [1.29, 1.82) is 0 Å². The predicted octanol–water partition coefficient (Wildman–Crippen LogP) is 1.01. The Bertz CT molecular complexity index is 438. The first-order chi connectivity index (χ1) is 7.65. The summed E-state index contributed by atoms with van der Waals surface area (Å²) in [6.45, 7) is 3.58. The number of hydrogen-bond donors (Lipinski definition) is 1. The second kappa shape index (κ2) is 6.50. The van der Waals surface area contributed by atoms with Gasteiger partial charge < -0.3 is 4.74 Å². The average Bonchev–Trinajstić information content (AvgIpc) is 2.25. The number of nitrogens with one attached hydrogen (secondary N) is 1. The minimum atomic E-state index is -0.560. The molecule has 1 N–H and O–H groups in total. The lowest BCUT2D eigenvalue weighted by Gasteiger charge is -2.06. The number of hydrogen-bond acceptors (Lipinski definition) is 3. The number of aromatic amines is 1. The number of ether oxygens (including phenoxy) is 1. The molecule has 0 spiro atoms. The van der Waals surface area contributed by atoms with Gasteiger partial charge in [0, 0.05) is 12.8 Å². The van der Waals surface area contributed by atoms with Gasteiger partial charge in [-0.1, -0.05) is 24.9 Å². The van der Waals surface area contributed by atoms with Gasteiger partial charge in [0.05, 0.1) is 13.2 Å². The lowest BCUT2D eigenvalue weighted by molar-refractivity contribution is 0.122. The zero-order valence-electron chi connectivity index (χ0n) is 9.16. The van der Waals surface area contributed by atoms with Crippen molar-refractivity contribution in [3.05, 3.63) is 32.1 Å². The van der Waals surface area contributed by atoms with E-state index in [9.17, 15) is 9.59 Å². The van der Waals surface area contributed by atoms with Crippen LogP contribution in [0.15, 0.2) is 15.8 Å². The van der Waals surface area contributed by atoms with Crippen molar-refractivity contribution < 1.29 is 4.74 Å². The van der Waals surface area contributed by atoms with Gasteiger partial charge in [0.15, 0.2) is 0 Å². The van der Waals surface area contributed by atoms with Gasteiger partial charge >= 0.3 is 5.69 Å². The largest absolute Gasteiger partial charge is 0.380 e. The molecule has 6 heteroatoms. The van der Waals surface area contributed by atoms with Gasteiger partial charge in [0.1, 0.15) is 5.02 Å². The first-order valence-corrected chi connectivity index (χ1v) is 5.60. The summed E-state index contributed by atoms with van der Waals surface area (Å²) in [6.07, 6.45) is 3.40. The van der Waals surface area contributed by atoms with Gasteiger partial charge in [0.25, 0.3) is 5.56 Å². The van der Waals surface area contributed by atoms with E-state index in [0.717, 1.165) is 12.8 Å². The molecule has 0 bridgehead atoms. The van der Waals surface area contributed by atoms with Gasteiger partial charge in [-0.3, -0.25) is 14.3 Å². The Morgan fingerprint density at radius 3 is 2.88 bits per heavy atom. The second-order valence-electron chi connectivity index (χ2n) is 3.40. The Labute approximate surface area is 98.0 Å². The Morgan fingerprint density at radius 2 is 2.19 bits per heavy atom. The molecule has 0 amide bonds. The molecule has 0 aliphatic rings. The SMILES string of the molecule is CCCCOCCn1cc(Cl)c(=O)[nH]c1=O. The van der Waals surface area contributed by atoms with Crippen LogP contribution in [0.3, 0.4) is 0 Å². The first kappa shape index (κ1) is 13.0. The van der Waals surface area contributed by atoms with E-state index in [2.05, 4.69) is 11.9 Å². The summed E-state index contributed by atoms with van der Waals surface area (Å²) in [5, 5.41) is 0.00755. The fourth-order valence-electron chi connectivity index (χ4n) is 1.16. The maximum Gasteiger partial charge on any atom is 0.328 e. The van der Waals surface area contributed by atoms with E-state index in [-0.39, 0.29) is 5.02 Å². The number of H-pyrrole nitrogens is 1. The third-order valence-corrected chi connectivity index (χ3v) is 2.36. The van der Waals surface area contributed by atoms with Gasteiger partial charge in [-0.15, -0.1) is 0 Å². The quantitative estimate of drug-likeness (QED) is 0.762. The highest BCUT2D eigenvalue weighted by Gasteiger charge is 2.01. The van der Waals surface area contributed by atoms with Crippen molar-refractivity contribution in [2.24, 2.45) is 0 Å². The molecule has 0 fully saturated rings. The number of unbranched alkanes of at least 4 members (excludes halogenated alkanes) is 1. The molecule has 5 nitrogen and oxygen atoms in total. The van der Waals surface area contributed by atoms with Crippen molar-refractivity contribution >= 4 is 11.6 Å². The van der Waals surface area contributed by atoms with E-state index in [1.807, 2.05) is 0 Å². The Hall–Kier alpha value is -1.07. The van der Waals surface area contributed by atoms with E-state index in [4.69, 9.17) is 16.3 Å². The van der Waals surface area contributed by atoms with E-state index < -0.39 is 11.2 Å². The standard InChI is InChI=1S/C10H15ClN2O3/c1-2-3-5-16-6-4-13-7-8(11)9(14)12-10(13)15/h7H,2-6H2,1H3,(H,12,14,15). The predicted molar refractivity (Wildman–Crippen MR) is 62.1 cm³/mol. The molecule has 0 aliphatic heterocycles. The molecule has 1 aromatic heterocycles. The highest BCUT2D eigenvalue weighted by Crippen LogP contribution is 1.96. The van der Waals surface area contributed by atoms with Crippen LogP contribution in [0, 0.1) is 0 Å². The molecule has 0 aliphatic carbocycles. The topological polar surface area (TPSA) is 64.1 Å². The van der Waals surface area contributed by atoms with Crippen molar-refractivity contribution in [3.63, 3.8) is 0 Å². The van der Waals surface area contributed by atoms with E-state index in [0.29, 0.717) is 19.8 Å². The molecule has 0 atom stereocenters. The molecule has 90 valence electrons. The molecule has 0 aromatic carbocycles. The summed E-state index contributed by atoms with van der Waals surface area (Å²) in [6, 6.07) is 0. The summed E-state index contributed by atoms with van der Waals surface area (Å²) in [7, 11) is 0. The van der Waals surface area contributed by atoms with Crippen LogP contribution >= 0.6 is 11.6 Å². The summed E-state index contributed by atoms with van der Waals surface area (Å²) in [4.78, 5) is 24.4. The van der Waals surface area contributed by atoms with Crippen LogP contribution in [0.2, 0.25) is 5.02 Å². The maximum atomic E-state index is 11.3. The van der Waals surface area contributed by atoms with Crippen molar-refractivity contribution in [2.75, 3.05) is 13.2 Å². The lowest BCUT2D eigenvalue weighted by atomic mass is 10.4. The van der Waals surface area contributed by atoms with E-state index in [1.54, 1.807) is 0 Å². The fourth-order valence-corrected chi connectivity index (χ4v) is 1.33. The highest BCUT2D eigenvalue weighted by atomic mass is 35.5. The summed E-state index contributed by atoms with van der Waals surface area (Å²) >= 11 is 5.60. The van der Waals surface area contributed by atoms with Crippen LogP contribution < -0.4 is 11.2 Å². The van der Waals surface area contributed by atoms with Gasteiger partial charge in [-0.2, -0.15) is 0 Å². The molecule has 0 unspecified atom stereocenters. The Morgan fingerprint density at radius 1 is 1.44 bits per heavy atom. The van der Waals surface area contributed by atoms with Crippen molar-refractivity contribution in [2.45, 2.75) is 26.3 Å². The number of halogens is 1. The molecule has 0 saturated heterocycles. The van der Waals surface area contributed by atoms with E-state index in [1.165, 1.54) is 10.8 Å². The fraction of sp³-hybridized carbons (Fsp3) is 0.600. The van der Waals surface area contributed by atoms with Crippen LogP contribution in [0.1, 0.15) is 19.8 Å². The zero-order chi connectivity index (χ0) is 12.0. The van der Waals surface area contributed by atoms with Gasteiger partial charge in [-0.05, 0) is 6.42 Å². The molecule has 1 aromatic rings. The third-order valence-electron chi connectivity index (χ3n) is 2.09. The van der Waals surface area contributed by atoms with Gasteiger partial charge in [0.2, 0.25) is 0 Å². The number of nitrogens with zero attached hydrogens (tertiary/aromatic N) is 1. The zero-order valence-corrected chi connectivity index (χ0v) is 9.92. The van der Waals surface area contributed by atoms with Gasteiger partial charge in [-0.25, -0.2) is 4.79 Å². The Kier molecular flexibility index (Phi) is 5.28. The summed E-state index contributed by atoms with van der Waals surface area (Å²) in [5.74, 6) is 0. The van der Waals surface area contributed by atoms with Crippen LogP contribution in [0.25, 0.3) is 0 Å². The normalized spacial score (nSPS) is 10.6. The van der Waals surface area contributed by atoms with E-state index >= 15 is 0 Å². The average molecular weight is 247 g/mol. The minimum Gasteiger partial charge on any atom is -0.380 e. The monoisotopic (exact) mass is 246 g/mol. The maximum absolute atomic E-state index is 11.3. The molecular weight excluding hydrogens is 232 g/mol. The van der Waals surface area contributed by atoms with Crippen LogP contribution in [0.5, 0.6) is 0 Å². The smallest absolute Gasteiger partial charge is 0.328 e. The van der Waals surface area contributed by atoms with Crippen molar-refractivity contribution in [3.8, 4) is 0 Å².